The summed E-state index contributed by atoms with van der Waals surface area (Å²) in [5.41, 5.74) is 6.03. The monoisotopic (exact) mass is 193 g/mol. The zero-order valence-electron chi connectivity index (χ0n) is 8.82. The average Bonchev–Trinajstić information content (AvgIpc) is 2.72. The highest BCUT2D eigenvalue weighted by Crippen LogP contribution is 2.27. The van der Waals surface area contributed by atoms with Gasteiger partial charge in [-0.3, -0.25) is 0 Å². The molecule has 78 valence electrons. The first kappa shape index (κ1) is 9.71. The van der Waals surface area contributed by atoms with E-state index in [2.05, 4.69) is 16.6 Å². The maximum atomic E-state index is 6.03. The molecule has 1 fully saturated rings. The second kappa shape index (κ2) is 4.13. The molecule has 2 atom stereocenters. The van der Waals surface area contributed by atoms with E-state index in [0.717, 1.165) is 12.3 Å². The molecule has 1 aromatic heterocycles. The summed E-state index contributed by atoms with van der Waals surface area (Å²) >= 11 is 0. The zero-order chi connectivity index (χ0) is 9.97. The van der Waals surface area contributed by atoms with Gasteiger partial charge in [0, 0.05) is 31.9 Å². The van der Waals surface area contributed by atoms with Crippen LogP contribution in [0.4, 0.5) is 0 Å². The molecular weight excluding hydrogens is 174 g/mol. The fraction of sp³-hybridized carbons (Fsp3) is 0.727. The SMILES string of the molecule is Cn1ccnc1CCC1CCCC1N. The van der Waals surface area contributed by atoms with Gasteiger partial charge in [-0.05, 0) is 25.2 Å². The lowest BCUT2D eigenvalue weighted by Crippen LogP contribution is -2.24. The van der Waals surface area contributed by atoms with Crippen molar-refractivity contribution in [3.8, 4) is 0 Å². The topological polar surface area (TPSA) is 43.8 Å². The molecule has 2 N–H and O–H groups in total. The first-order valence-corrected chi connectivity index (χ1v) is 5.49. The Bertz CT molecular complexity index is 292. The summed E-state index contributed by atoms with van der Waals surface area (Å²) in [5, 5.41) is 0. The van der Waals surface area contributed by atoms with Crippen LogP contribution in [-0.2, 0) is 13.5 Å². The van der Waals surface area contributed by atoms with E-state index in [1.54, 1.807) is 0 Å². The van der Waals surface area contributed by atoms with Crippen molar-refractivity contribution in [1.29, 1.82) is 0 Å². The summed E-state index contributed by atoms with van der Waals surface area (Å²) in [6, 6.07) is 0.440. The van der Waals surface area contributed by atoms with Gasteiger partial charge in [0.1, 0.15) is 5.82 Å². The van der Waals surface area contributed by atoms with Crippen LogP contribution in [0.25, 0.3) is 0 Å². The summed E-state index contributed by atoms with van der Waals surface area (Å²) in [7, 11) is 2.05. The Hall–Kier alpha value is -0.830. The van der Waals surface area contributed by atoms with Crippen molar-refractivity contribution >= 4 is 0 Å². The summed E-state index contributed by atoms with van der Waals surface area (Å²) in [5.74, 6) is 1.91. The fourth-order valence-corrected chi connectivity index (χ4v) is 2.38. The van der Waals surface area contributed by atoms with Crippen molar-refractivity contribution < 1.29 is 0 Å². The van der Waals surface area contributed by atoms with Gasteiger partial charge in [0.15, 0.2) is 0 Å². The Morgan fingerprint density at radius 1 is 1.57 bits per heavy atom. The number of aryl methyl sites for hydroxylation is 2. The summed E-state index contributed by atoms with van der Waals surface area (Å²) in [6.07, 6.45) is 9.98. The Balaban J connectivity index is 1.85. The largest absolute Gasteiger partial charge is 0.338 e. The number of hydrogen-bond acceptors (Lipinski definition) is 2. The molecule has 0 aromatic carbocycles. The van der Waals surface area contributed by atoms with Gasteiger partial charge in [0.05, 0.1) is 0 Å². The van der Waals surface area contributed by atoms with E-state index in [4.69, 9.17) is 5.73 Å². The lowest BCUT2D eigenvalue weighted by Gasteiger charge is -2.14. The van der Waals surface area contributed by atoms with Crippen LogP contribution in [0.5, 0.6) is 0 Å². The highest BCUT2D eigenvalue weighted by molar-refractivity contribution is 4.92. The molecule has 0 spiro atoms. The minimum Gasteiger partial charge on any atom is -0.338 e. The molecule has 0 radical (unpaired) electrons. The van der Waals surface area contributed by atoms with Crippen LogP contribution in [0, 0.1) is 5.92 Å². The molecule has 14 heavy (non-hydrogen) atoms. The summed E-state index contributed by atoms with van der Waals surface area (Å²) < 4.78 is 2.10. The van der Waals surface area contributed by atoms with Gasteiger partial charge in [-0.1, -0.05) is 6.42 Å². The molecule has 1 heterocycles. The first-order valence-electron chi connectivity index (χ1n) is 5.49. The van der Waals surface area contributed by atoms with Crippen molar-refractivity contribution in [1.82, 2.24) is 9.55 Å². The number of aromatic nitrogens is 2. The van der Waals surface area contributed by atoms with Crippen LogP contribution in [0.1, 0.15) is 31.5 Å². The van der Waals surface area contributed by atoms with Crippen molar-refractivity contribution in [2.75, 3.05) is 0 Å². The molecule has 0 aliphatic heterocycles. The maximum Gasteiger partial charge on any atom is 0.108 e. The van der Waals surface area contributed by atoms with Crippen LogP contribution >= 0.6 is 0 Å². The third kappa shape index (κ3) is 1.98. The Morgan fingerprint density at radius 3 is 3.00 bits per heavy atom. The van der Waals surface area contributed by atoms with Crippen molar-refractivity contribution in [2.24, 2.45) is 18.7 Å². The van der Waals surface area contributed by atoms with E-state index in [1.165, 1.54) is 31.5 Å². The molecule has 1 aliphatic carbocycles. The van der Waals surface area contributed by atoms with E-state index in [1.807, 2.05) is 12.4 Å². The molecule has 1 aromatic rings. The molecule has 2 rings (SSSR count). The smallest absolute Gasteiger partial charge is 0.108 e. The van der Waals surface area contributed by atoms with Gasteiger partial charge < -0.3 is 10.3 Å². The van der Waals surface area contributed by atoms with E-state index < -0.39 is 0 Å². The van der Waals surface area contributed by atoms with Gasteiger partial charge >= 0.3 is 0 Å². The van der Waals surface area contributed by atoms with Crippen LogP contribution in [0.2, 0.25) is 0 Å². The number of imidazole rings is 1. The minimum atomic E-state index is 0.440. The Kier molecular flexibility index (Phi) is 2.87. The second-order valence-electron chi connectivity index (χ2n) is 4.35. The predicted molar refractivity (Wildman–Crippen MR) is 56.8 cm³/mol. The normalized spacial score (nSPS) is 27.0. The van der Waals surface area contributed by atoms with Gasteiger partial charge in [-0.15, -0.1) is 0 Å². The molecule has 1 saturated carbocycles. The molecule has 3 heteroatoms. The highest BCUT2D eigenvalue weighted by Gasteiger charge is 2.23. The van der Waals surface area contributed by atoms with Crippen molar-refractivity contribution in [2.45, 2.75) is 38.1 Å². The van der Waals surface area contributed by atoms with Gasteiger partial charge in [0.25, 0.3) is 0 Å². The lowest BCUT2D eigenvalue weighted by atomic mass is 9.98. The van der Waals surface area contributed by atoms with Gasteiger partial charge in [0.2, 0.25) is 0 Å². The third-order valence-electron chi connectivity index (χ3n) is 3.38. The Morgan fingerprint density at radius 2 is 2.43 bits per heavy atom. The molecule has 0 amide bonds. The fourth-order valence-electron chi connectivity index (χ4n) is 2.38. The number of nitrogens with two attached hydrogens (primary N) is 1. The summed E-state index contributed by atoms with van der Waals surface area (Å²) in [6.45, 7) is 0. The molecule has 0 saturated heterocycles. The van der Waals surface area contributed by atoms with Gasteiger partial charge in [-0.25, -0.2) is 4.98 Å². The molecule has 2 unspecified atom stereocenters. The first-order chi connectivity index (χ1) is 6.77. The second-order valence-corrected chi connectivity index (χ2v) is 4.35. The minimum absolute atomic E-state index is 0.440. The van der Waals surface area contributed by atoms with E-state index in [9.17, 15) is 0 Å². The van der Waals surface area contributed by atoms with Crippen molar-refractivity contribution in [3.05, 3.63) is 18.2 Å². The quantitative estimate of drug-likeness (QED) is 0.790. The average molecular weight is 193 g/mol. The predicted octanol–water partition coefficient (Wildman–Crippen LogP) is 1.48. The molecule has 1 aliphatic rings. The molecular formula is C11H19N3. The van der Waals surface area contributed by atoms with E-state index in [0.29, 0.717) is 6.04 Å². The standard InChI is InChI=1S/C11H19N3/c1-14-8-7-13-11(14)6-5-9-3-2-4-10(9)12/h7-10H,2-6,12H2,1H3. The Labute approximate surface area is 85.3 Å². The lowest BCUT2D eigenvalue weighted by molar-refractivity contribution is 0.440. The van der Waals surface area contributed by atoms with Crippen molar-refractivity contribution in [3.63, 3.8) is 0 Å². The van der Waals surface area contributed by atoms with Gasteiger partial charge in [-0.2, -0.15) is 0 Å². The number of rotatable bonds is 3. The van der Waals surface area contributed by atoms with Crippen LogP contribution < -0.4 is 5.73 Å². The number of hydrogen-bond donors (Lipinski definition) is 1. The summed E-state index contributed by atoms with van der Waals surface area (Å²) in [4.78, 5) is 4.32. The van der Waals surface area contributed by atoms with E-state index >= 15 is 0 Å². The van der Waals surface area contributed by atoms with Crippen LogP contribution in [0.3, 0.4) is 0 Å². The third-order valence-corrected chi connectivity index (χ3v) is 3.38. The van der Waals surface area contributed by atoms with Crippen LogP contribution in [-0.4, -0.2) is 15.6 Å². The molecule has 0 bridgehead atoms. The number of nitrogens with zero attached hydrogens (tertiary/aromatic N) is 2. The zero-order valence-corrected chi connectivity index (χ0v) is 8.82. The maximum absolute atomic E-state index is 6.03. The highest BCUT2D eigenvalue weighted by atomic mass is 15.0. The van der Waals surface area contributed by atoms with E-state index in [-0.39, 0.29) is 0 Å². The van der Waals surface area contributed by atoms with Crippen LogP contribution in [0.15, 0.2) is 12.4 Å². The molecule has 3 nitrogen and oxygen atoms in total.